The van der Waals surface area contributed by atoms with Crippen LogP contribution in [0.25, 0.3) is 0 Å². The smallest absolute Gasteiger partial charge is 0.254 e. The van der Waals surface area contributed by atoms with Crippen molar-refractivity contribution in [2.75, 3.05) is 13.1 Å². The van der Waals surface area contributed by atoms with Gasteiger partial charge in [-0.05, 0) is 12.5 Å². The van der Waals surface area contributed by atoms with Gasteiger partial charge in [0.05, 0.1) is 10.6 Å². The Hall–Kier alpha value is -1.62. The summed E-state index contributed by atoms with van der Waals surface area (Å²) < 4.78 is 0. The average Bonchev–Trinajstić information content (AvgIpc) is 2.36. The Morgan fingerprint density at radius 2 is 2.11 bits per heavy atom. The molecule has 0 atom stereocenters. The molecule has 2 amide bonds. The zero-order valence-electron chi connectivity index (χ0n) is 10.2. The number of aromatic nitrogens is 1. The second-order valence-electron chi connectivity index (χ2n) is 3.71. The minimum atomic E-state index is -0.323. The molecule has 18 heavy (non-hydrogen) atoms. The number of nitrogens with zero attached hydrogens (tertiary/aromatic N) is 1. The van der Waals surface area contributed by atoms with Crippen LogP contribution in [0.15, 0.2) is 18.5 Å². The minimum absolute atomic E-state index is 0.0746. The number of pyridine rings is 1. The number of amides is 2. The molecule has 0 saturated carbocycles. The Kier molecular flexibility index (Phi) is 6.14. The lowest BCUT2D eigenvalue weighted by Crippen LogP contribution is -2.31. The minimum Gasteiger partial charge on any atom is -0.356 e. The Morgan fingerprint density at radius 3 is 2.78 bits per heavy atom. The van der Waals surface area contributed by atoms with E-state index >= 15 is 0 Å². The highest BCUT2D eigenvalue weighted by atomic mass is 35.5. The van der Waals surface area contributed by atoms with Gasteiger partial charge in [0.25, 0.3) is 5.91 Å². The molecule has 0 aromatic carbocycles. The number of halogens is 1. The lowest BCUT2D eigenvalue weighted by atomic mass is 10.2. The third-order valence-corrected chi connectivity index (χ3v) is 2.55. The Bertz CT molecular complexity index is 424. The maximum Gasteiger partial charge on any atom is 0.254 e. The van der Waals surface area contributed by atoms with Crippen molar-refractivity contribution < 1.29 is 9.59 Å². The zero-order chi connectivity index (χ0) is 13.4. The molecular formula is C12H16ClN3O2. The summed E-state index contributed by atoms with van der Waals surface area (Å²) in [5.41, 5.74) is 0.313. The van der Waals surface area contributed by atoms with Gasteiger partial charge in [0.1, 0.15) is 0 Å². The van der Waals surface area contributed by atoms with E-state index in [4.69, 9.17) is 11.6 Å². The van der Waals surface area contributed by atoms with E-state index in [2.05, 4.69) is 15.6 Å². The van der Waals surface area contributed by atoms with Crippen LogP contribution in [0.5, 0.6) is 0 Å². The summed E-state index contributed by atoms with van der Waals surface area (Å²) in [6, 6.07) is 1.55. The van der Waals surface area contributed by atoms with E-state index in [0.29, 0.717) is 17.1 Å². The summed E-state index contributed by atoms with van der Waals surface area (Å²) in [5, 5.41) is 5.70. The molecule has 0 bridgehead atoms. The van der Waals surface area contributed by atoms with Crippen LogP contribution in [0.4, 0.5) is 0 Å². The van der Waals surface area contributed by atoms with Crippen molar-refractivity contribution in [3.8, 4) is 0 Å². The molecule has 1 aromatic heterocycles. The molecule has 0 aliphatic rings. The fraction of sp³-hybridized carbons (Fsp3) is 0.417. The van der Waals surface area contributed by atoms with E-state index in [0.717, 1.165) is 6.42 Å². The van der Waals surface area contributed by atoms with Gasteiger partial charge in [0.15, 0.2) is 0 Å². The van der Waals surface area contributed by atoms with Gasteiger partial charge in [-0.25, -0.2) is 0 Å². The molecule has 0 fully saturated rings. The summed E-state index contributed by atoms with van der Waals surface area (Å²) in [7, 11) is 0. The van der Waals surface area contributed by atoms with Crippen molar-refractivity contribution in [3.05, 3.63) is 29.0 Å². The Morgan fingerprint density at radius 1 is 1.33 bits per heavy atom. The van der Waals surface area contributed by atoms with Crippen LogP contribution in [0.2, 0.25) is 5.02 Å². The third kappa shape index (κ3) is 4.71. The molecule has 2 N–H and O–H groups in total. The number of carbonyl (C=O) groups is 2. The van der Waals surface area contributed by atoms with Crippen molar-refractivity contribution in [1.82, 2.24) is 15.6 Å². The molecule has 1 rings (SSSR count). The summed E-state index contributed by atoms with van der Waals surface area (Å²) in [6.07, 6.45) is 4.05. The number of hydrogen-bond donors (Lipinski definition) is 2. The standard InChI is InChI=1S/C12H16ClN3O2/c1-2-5-15-11(17)4-7-16-12(18)9-8-14-6-3-10(9)13/h3,6,8H,2,4-5,7H2,1H3,(H,15,17)(H,16,18). The van der Waals surface area contributed by atoms with Crippen LogP contribution in [0.1, 0.15) is 30.1 Å². The third-order valence-electron chi connectivity index (χ3n) is 2.22. The molecule has 0 saturated heterocycles. The highest BCUT2D eigenvalue weighted by Crippen LogP contribution is 2.12. The second-order valence-corrected chi connectivity index (χ2v) is 4.12. The fourth-order valence-electron chi connectivity index (χ4n) is 1.28. The normalized spacial score (nSPS) is 9.89. The summed E-state index contributed by atoms with van der Waals surface area (Å²) in [4.78, 5) is 26.8. The molecule has 0 spiro atoms. The molecule has 0 unspecified atom stereocenters. The second kappa shape index (κ2) is 7.66. The molecule has 1 heterocycles. The van der Waals surface area contributed by atoms with Gasteiger partial charge >= 0.3 is 0 Å². The van der Waals surface area contributed by atoms with E-state index in [1.807, 2.05) is 6.92 Å². The molecular weight excluding hydrogens is 254 g/mol. The van der Waals surface area contributed by atoms with Crippen LogP contribution in [0, 0.1) is 0 Å². The van der Waals surface area contributed by atoms with Crippen LogP contribution in [-0.4, -0.2) is 29.9 Å². The van der Waals surface area contributed by atoms with Gasteiger partial charge in [0.2, 0.25) is 5.91 Å². The Balaban J connectivity index is 2.34. The largest absolute Gasteiger partial charge is 0.356 e. The fourth-order valence-corrected chi connectivity index (χ4v) is 1.47. The zero-order valence-corrected chi connectivity index (χ0v) is 11.0. The van der Waals surface area contributed by atoms with Crippen molar-refractivity contribution in [3.63, 3.8) is 0 Å². The topological polar surface area (TPSA) is 71.1 Å². The predicted molar refractivity (Wildman–Crippen MR) is 69.5 cm³/mol. The van der Waals surface area contributed by atoms with Crippen molar-refractivity contribution in [1.29, 1.82) is 0 Å². The van der Waals surface area contributed by atoms with Crippen molar-refractivity contribution >= 4 is 23.4 Å². The monoisotopic (exact) mass is 269 g/mol. The van der Waals surface area contributed by atoms with Crippen LogP contribution < -0.4 is 10.6 Å². The molecule has 98 valence electrons. The number of carbonyl (C=O) groups excluding carboxylic acids is 2. The summed E-state index contributed by atoms with van der Waals surface area (Å²) in [5.74, 6) is -0.397. The highest BCUT2D eigenvalue weighted by Gasteiger charge is 2.10. The van der Waals surface area contributed by atoms with Gasteiger partial charge in [-0.1, -0.05) is 18.5 Å². The van der Waals surface area contributed by atoms with E-state index in [9.17, 15) is 9.59 Å². The SMILES string of the molecule is CCCNC(=O)CCNC(=O)c1cnccc1Cl. The van der Waals surface area contributed by atoms with Gasteiger partial charge in [-0.15, -0.1) is 0 Å². The predicted octanol–water partition coefficient (Wildman–Crippen LogP) is 1.38. The van der Waals surface area contributed by atoms with E-state index in [1.165, 1.54) is 12.4 Å². The van der Waals surface area contributed by atoms with Crippen molar-refractivity contribution in [2.45, 2.75) is 19.8 Å². The van der Waals surface area contributed by atoms with Gasteiger partial charge in [-0.2, -0.15) is 0 Å². The first-order valence-corrected chi connectivity index (χ1v) is 6.17. The molecule has 0 aliphatic heterocycles. The maximum absolute atomic E-state index is 11.7. The average molecular weight is 270 g/mol. The van der Waals surface area contributed by atoms with Gasteiger partial charge < -0.3 is 10.6 Å². The van der Waals surface area contributed by atoms with E-state index in [1.54, 1.807) is 6.07 Å². The summed E-state index contributed by atoms with van der Waals surface area (Å²) in [6.45, 7) is 2.91. The first-order valence-electron chi connectivity index (χ1n) is 5.79. The quantitative estimate of drug-likeness (QED) is 0.820. The molecule has 1 aromatic rings. The van der Waals surface area contributed by atoms with Crippen LogP contribution in [0.3, 0.4) is 0 Å². The van der Waals surface area contributed by atoms with Crippen LogP contribution in [-0.2, 0) is 4.79 Å². The molecule has 0 aliphatic carbocycles. The molecule has 6 heteroatoms. The lowest BCUT2D eigenvalue weighted by Gasteiger charge is -2.06. The lowest BCUT2D eigenvalue weighted by molar-refractivity contribution is -0.120. The van der Waals surface area contributed by atoms with Gasteiger partial charge in [0, 0.05) is 31.9 Å². The van der Waals surface area contributed by atoms with Crippen molar-refractivity contribution in [2.24, 2.45) is 0 Å². The molecule has 5 nitrogen and oxygen atoms in total. The van der Waals surface area contributed by atoms with E-state index < -0.39 is 0 Å². The highest BCUT2D eigenvalue weighted by molar-refractivity contribution is 6.33. The van der Waals surface area contributed by atoms with E-state index in [-0.39, 0.29) is 24.8 Å². The number of nitrogens with one attached hydrogen (secondary N) is 2. The Labute approximate surface area is 111 Å². The molecule has 0 radical (unpaired) electrons. The van der Waals surface area contributed by atoms with Crippen LogP contribution >= 0.6 is 11.6 Å². The maximum atomic E-state index is 11.7. The number of hydrogen-bond acceptors (Lipinski definition) is 3. The first kappa shape index (κ1) is 14.4. The van der Waals surface area contributed by atoms with Gasteiger partial charge in [-0.3, -0.25) is 14.6 Å². The first-order chi connectivity index (χ1) is 8.65. The number of rotatable bonds is 6. The summed E-state index contributed by atoms with van der Waals surface area (Å²) >= 11 is 5.85.